The van der Waals surface area contributed by atoms with Gasteiger partial charge in [-0.3, -0.25) is 0 Å². The van der Waals surface area contributed by atoms with Gasteiger partial charge in [-0.1, -0.05) is 57.2 Å². The first-order chi connectivity index (χ1) is 16.0. The molecule has 0 aromatic heterocycles. The standard InChI is InChI=1S/C24H27NO6S3/c1-4-32(26,27)22-18-17-21(23(33(28,29)5-2)24(22)34(30,31)6-3)25(19-13-9-7-10-14-19)20-15-11-8-12-16-20/h7-18H,4-6H2,1-3H3. The summed E-state index contributed by atoms with van der Waals surface area (Å²) >= 11 is 0. The van der Waals surface area contributed by atoms with E-state index in [1.54, 1.807) is 65.6 Å². The number of para-hydroxylation sites is 2. The number of anilines is 3. The Bertz CT molecular complexity index is 1440. The van der Waals surface area contributed by atoms with Crippen LogP contribution in [0.4, 0.5) is 17.1 Å². The smallest absolute Gasteiger partial charge is 0.181 e. The molecule has 0 atom stereocenters. The number of rotatable bonds is 9. The van der Waals surface area contributed by atoms with Crippen molar-refractivity contribution in [2.45, 2.75) is 35.5 Å². The Kier molecular flexibility index (Phi) is 7.54. The van der Waals surface area contributed by atoms with E-state index in [4.69, 9.17) is 0 Å². The van der Waals surface area contributed by atoms with Crippen molar-refractivity contribution >= 4 is 46.6 Å². The highest BCUT2D eigenvalue weighted by Gasteiger charge is 2.36. The minimum atomic E-state index is -4.25. The predicted molar refractivity (Wildman–Crippen MR) is 134 cm³/mol. The van der Waals surface area contributed by atoms with E-state index < -0.39 is 55.7 Å². The predicted octanol–water partition coefficient (Wildman–Crippen LogP) is 4.54. The zero-order valence-corrected chi connectivity index (χ0v) is 21.6. The van der Waals surface area contributed by atoms with Crippen molar-refractivity contribution in [1.82, 2.24) is 0 Å². The lowest BCUT2D eigenvalue weighted by atomic mass is 10.2. The van der Waals surface area contributed by atoms with Gasteiger partial charge in [0.15, 0.2) is 29.5 Å². The first-order valence-corrected chi connectivity index (χ1v) is 15.7. The van der Waals surface area contributed by atoms with Crippen LogP contribution in [0.1, 0.15) is 20.8 Å². The summed E-state index contributed by atoms with van der Waals surface area (Å²) in [5.41, 5.74) is 1.25. The fourth-order valence-corrected chi connectivity index (χ4v) is 8.34. The molecular formula is C24H27NO6S3. The molecule has 0 saturated heterocycles. The van der Waals surface area contributed by atoms with Crippen molar-refractivity contribution in [3.05, 3.63) is 72.8 Å². The second kappa shape index (κ2) is 9.89. The molecule has 7 nitrogen and oxygen atoms in total. The Morgan fingerprint density at radius 1 is 0.529 bits per heavy atom. The minimum Gasteiger partial charge on any atom is -0.309 e. The average molecular weight is 522 g/mol. The van der Waals surface area contributed by atoms with E-state index in [1.807, 2.05) is 0 Å². The average Bonchev–Trinajstić information content (AvgIpc) is 2.85. The van der Waals surface area contributed by atoms with Gasteiger partial charge in [0.05, 0.1) is 27.8 Å². The first kappa shape index (κ1) is 25.9. The van der Waals surface area contributed by atoms with Crippen LogP contribution in [0.3, 0.4) is 0 Å². The van der Waals surface area contributed by atoms with Crippen molar-refractivity contribution < 1.29 is 25.3 Å². The Balaban J connectivity index is 2.60. The molecule has 0 aliphatic rings. The highest BCUT2D eigenvalue weighted by Crippen LogP contribution is 2.43. The number of hydrogen-bond acceptors (Lipinski definition) is 7. The number of sulfone groups is 3. The Hall–Kier alpha value is -2.69. The second-order valence-electron chi connectivity index (χ2n) is 7.46. The molecule has 0 N–H and O–H groups in total. The van der Waals surface area contributed by atoms with E-state index in [1.165, 1.54) is 32.9 Å². The lowest BCUT2D eigenvalue weighted by molar-refractivity contribution is 0.574. The molecule has 0 fully saturated rings. The third kappa shape index (κ3) is 4.89. The second-order valence-corrected chi connectivity index (χ2v) is 14.1. The van der Waals surface area contributed by atoms with Gasteiger partial charge in [0.25, 0.3) is 0 Å². The maximum atomic E-state index is 13.5. The molecule has 0 saturated carbocycles. The van der Waals surface area contributed by atoms with Gasteiger partial charge in [0.2, 0.25) is 0 Å². The molecule has 0 aliphatic heterocycles. The Morgan fingerprint density at radius 3 is 1.35 bits per heavy atom. The lowest BCUT2D eigenvalue weighted by Crippen LogP contribution is -2.22. The van der Waals surface area contributed by atoms with Gasteiger partial charge in [-0.05, 0) is 36.4 Å². The van der Waals surface area contributed by atoms with Crippen LogP contribution in [0.25, 0.3) is 0 Å². The zero-order chi connectivity index (χ0) is 25.1. The van der Waals surface area contributed by atoms with Gasteiger partial charge in [0.1, 0.15) is 9.79 Å². The Labute approximate surface area is 201 Å². The molecule has 0 bridgehead atoms. The molecule has 10 heteroatoms. The van der Waals surface area contributed by atoms with Gasteiger partial charge in [0, 0.05) is 11.4 Å². The molecule has 0 radical (unpaired) electrons. The summed E-state index contributed by atoms with van der Waals surface area (Å²) in [6, 6.07) is 20.3. The van der Waals surface area contributed by atoms with Gasteiger partial charge in [-0.2, -0.15) is 0 Å². The van der Waals surface area contributed by atoms with Crippen molar-refractivity contribution in [1.29, 1.82) is 0 Å². The molecule has 0 amide bonds. The topological polar surface area (TPSA) is 106 Å². The number of hydrogen-bond donors (Lipinski definition) is 0. The molecule has 0 heterocycles. The van der Waals surface area contributed by atoms with Crippen molar-refractivity contribution in [2.24, 2.45) is 0 Å². The van der Waals surface area contributed by atoms with Crippen molar-refractivity contribution in [2.75, 3.05) is 22.2 Å². The van der Waals surface area contributed by atoms with Crippen molar-refractivity contribution in [3.63, 3.8) is 0 Å². The summed E-state index contributed by atoms with van der Waals surface area (Å²) in [7, 11) is -12.5. The van der Waals surface area contributed by atoms with Crippen LogP contribution in [-0.4, -0.2) is 42.5 Å². The third-order valence-corrected chi connectivity index (χ3v) is 11.1. The summed E-state index contributed by atoms with van der Waals surface area (Å²) < 4.78 is 79.2. The van der Waals surface area contributed by atoms with E-state index in [9.17, 15) is 25.3 Å². The molecule has 0 aliphatic carbocycles. The molecule has 3 aromatic carbocycles. The SMILES string of the molecule is CCS(=O)(=O)c1ccc(N(c2ccccc2)c2ccccc2)c(S(=O)(=O)CC)c1S(=O)(=O)CC. The quantitative estimate of drug-likeness (QED) is 0.407. The number of nitrogens with zero attached hydrogens (tertiary/aromatic N) is 1. The molecule has 182 valence electrons. The van der Waals surface area contributed by atoms with Gasteiger partial charge < -0.3 is 4.90 Å². The summed E-state index contributed by atoms with van der Waals surface area (Å²) in [5, 5.41) is 0. The zero-order valence-electron chi connectivity index (χ0n) is 19.2. The van der Waals surface area contributed by atoms with Gasteiger partial charge in [-0.15, -0.1) is 0 Å². The van der Waals surface area contributed by atoms with Crippen LogP contribution in [0, 0.1) is 0 Å². The van der Waals surface area contributed by atoms with Crippen LogP contribution in [0.5, 0.6) is 0 Å². The summed E-state index contributed by atoms with van der Waals surface area (Å²) in [6.07, 6.45) is 0. The van der Waals surface area contributed by atoms with E-state index >= 15 is 0 Å². The van der Waals surface area contributed by atoms with Crippen LogP contribution in [0.2, 0.25) is 0 Å². The molecule has 34 heavy (non-hydrogen) atoms. The first-order valence-electron chi connectivity index (χ1n) is 10.8. The molecule has 3 rings (SSSR count). The monoisotopic (exact) mass is 521 g/mol. The fourth-order valence-electron chi connectivity index (χ4n) is 3.58. The molecular weight excluding hydrogens is 494 g/mol. The maximum absolute atomic E-state index is 13.5. The van der Waals surface area contributed by atoms with Crippen LogP contribution in [-0.2, 0) is 29.5 Å². The minimum absolute atomic E-state index is 0.0707. The van der Waals surface area contributed by atoms with Crippen LogP contribution >= 0.6 is 0 Å². The van der Waals surface area contributed by atoms with Crippen LogP contribution in [0.15, 0.2) is 87.5 Å². The normalized spacial score (nSPS) is 12.4. The fraction of sp³-hybridized carbons (Fsp3) is 0.250. The molecule has 3 aromatic rings. The van der Waals surface area contributed by atoms with E-state index in [2.05, 4.69) is 0 Å². The lowest BCUT2D eigenvalue weighted by Gasteiger charge is -2.29. The summed E-state index contributed by atoms with van der Waals surface area (Å²) in [5.74, 6) is -1.23. The highest BCUT2D eigenvalue weighted by molar-refractivity contribution is 7.96. The van der Waals surface area contributed by atoms with E-state index in [-0.39, 0.29) is 11.4 Å². The van der Waals surface area contributed by atoms with Crippen molar-refractivity contribution in [3.8, 4) is 0 Å². The van der Waals surface area contributed by atoms with Crippen LogP contribution < -0.4 is 4.90 Å². The number of benzene rings is 3. The Morgan fingerprint density at radius 2 is 0.941 bits per heavy atom. The third-order valence-electron chi connectivity index (χ3n) is 5.42. The largest absolute Gasteiger partial charge is 0.309 e. The highest BCUT2D eigenvalue weighted by atomic mass is 32.2. The van der Waals surface area contributed by atoms with Gasteiger partial charge >= 0.3 is 0 Å². The molecule has 0 spiro atoms. The van der Waals surface area contributed by atoms with Gasteiger partial charge in [-0.25, -0.2) is 25.3 Å². The summed E-state index contributed by atoms with van der Waals surface area (Å²) in [4.78, 5) is -0.0274. The van der Waals surface area contributed by atoms with E-state index in [0.717, 1.165) is 0 Å². The summed E-state index contributed by atoms with van der Waals surface area (Å²) in [6.45, 7) is 4.15. The van der Waals surface area contributed by atoms with E-state index in [0.29, 0.717) is 11.4 Å². The maximum Gasteiger partial charge on any atom is 0.181 e. The molecule has 0 unspecified atom stereocenters.